The molecular formula is C12H16O3. The summed E-state index contributed by atoms with van der Waals surface area (Å²) in [6, 6.07) is 0. The van der Waals surface area contributed by atoms with Gasteiger partial charge in [-0.05, 0) is 26.7 Å². The molecule has 82 valence electrons. The van der Waals surface area contributed by atoms with Crippen molar-refractivity contribution in [3.8, 4) is 0 Å². The van der Waals surface area contributed by atoms with Crippen LogP contribution in [0.1, 0.15) is 33.1 Å². The minimum Gasteiger partial charge on any atom is -0.462 e. The first kappa shape index (κ1) is 11.7. The Balaban J connectivity index is 2.90. The van der Waals surface area contributed by atoms with E-state index in [1.54, 1.807) is 6.92 Å². The van der Waals surface area contributed by atoms with Crippen LogP contribution in [0.5, 0.6) is 0 Å². The Kier molecular flexibility index (Phi) is 3.83. The van der Waals surface area contributed by atoms with Gasteiger partial charge in [-0.3, -0.25) is 4.79 Å². The average Bonchev–Trinajstić information content (AvgIpc) is 2.17. The molecule has 0 aromatic rings. The Labute approximate surface area is 89.8 Å². The van der Waals surface area contributed by atoms with Crippen molar-refractivity contribution in [1.29, 1.82) is 0 Å². The fourth-order valence-corrected chi connectivity index (χ4v) is 1.75. The number of allylic oxidation sites excluding steroid dienone is 1. The summed E-state index contributed by atoms with van der Waals surface area (Å²) in [5, 5.41) is 0. The van der Waals surface area contributed by atoms with E-state index in [9.17, 15) is 9.59 Å². The molecule has 3 nitrogen and oxygen atoms in total. The van der Waals surface area contributed by atoms with E-state index in [1.165, 1.54) is 0 Å². The van der Waals surface area contributed by atoms with Gasteiger partial charge in [0.05, 0.1) is 12.2 Å². The zero-order valence-corrected chi connectivity index (χ0v) is 9.26. The summed E-state index contributed by atoms with van der Waals surface area (Å²) >= 11 is 0. The standard InChI is InChI=1S/C12H16O3/c1-4-15-12(14)9(3)11-8(2)6-5-7-10(11)13/h3-7H2,1-2H3. The third-order valence-electron chi connectivity index (χ3n) is 2.48. The van der Waals surface area contributed by atoms with E-state index < -0.39 is 5.97 Å². The predicted molar refractivity (Wildman–Crippen MR) is 57.3 cm³/mol. The molecular weight excluding hydrogens is 192 g/mol. The Hall–Kier alpha value is -1.38. The van der Waals surface area contributed by atoms with Gasteiger partial charge in [-0.25, -0.2) is 4.79 Å². The van der Waals surface area contributed by atoms with Crippen LogP contribution in [0.2, 0.25) is 0 Å². The maximum absolute atomic E-state index is 11.6. The number of carbonyl (C=O) groups excluding carboxylic acids is 2. The molecule has 0 heterocycles. The van der Waals surface area contributed by atoms with E-state index in [0.717, 1.165) is 18.4 Å². The zero-order chi connectivity index (χ0) is 11.4. The largest absolute Gasteiger partial charge is 0.462 e. The van der Waals surface area contributed by atoms with Gasteiger partial charge in [-0.1, -0.05) is 12.2 Å². The van der Waals surface area contributed by atoms with Gasteiger partial charge in [-0.15, -0.1) is 0 Å². The Morgan fingerprint density at radius 1 is 1.47 bits per heavy atom. The molecule has 0 saturated carbocycles. The van der Waals surface area contributed by atoms with Crippen LogP contribution in [-0.2, 0) is 14.3 Å². The van der Waals surface area contributed by atoms with E-state index in [-0.39, 0.29) is 11.4 Å². The van der Waals surface area contributed by atoms with Crippen molar-refractivity contribution >= 4 is 11.8 Å². The van der Waals surface area contributed by atoms with Crippen molar-refractivity contribution < 1.29 is 14.3 Å². The van der Waals surface area contributed by atoms with Crippen molar-refractivity contribution in [2.24, 2.45) is 0 Å². The lowest BCUT2D eigenvalue weighted by Gasteiger charge is -2.17. The third kappa shape index (κ3) is 2.55. The molecule has 0 fully saturated rings. The van der Waals surface area contributed by atoms with E-state index in [1.807, 2.05) is 6.92 Å². The summed E-state index contributed by atoms with van der Waals surface area (Å²) in [6.45, 7) is 7.55. The summed E-state index contributed by atoms with van der Waals surface area (Å²) in [7, 11) is 0. The Morgan fingerprint density at radius 2 is 2.13 bits per heavy atom. The number of rotatable bonds is 3. The van der Waals surface area contributed by atoms with Gasteiger partial charge in [-0.2, -0.15) is 0 Å². The molecule has 0 aliphatic heterocycles. The fraction of sp³-hybridized carbons (Fsp3) is 0.500. The van der Waals surface area contributed by atoms with Gasteiger partial charge in [0.1, 0.15) is 0 Å². The Bertz CT molecular complexity index is 337. The second-order valence-electron chi connectivity index (χ2n) is 3.63. The first-order chi connectivity index (χ1) is 7.07. The average molecular weight is 208 g/mol. The fourth-order valence-electron chi connectivity index (χ4n) is 1.75. The van der Waals surface area contributed by atoms with Crippen molar-refractivity contribution in [3.05, 3.63) is 23.3 Å². The number of hydrogen-bond acceptors (Lipinski definition) is 3. The second kappa shape index (κ2) is 4.91. The smallest absolute Gasteiger partial charge is 0.338 e. The summed E-state index contributed by atoms with van der Waals surface area (Å²) in [4.78, 5) is 23.1. The van der Waals surface area contributed by atoms with Crippen LogP contribution in [-0.4, -0.2) is 18.4 Å². The van der Waals surface area contributed by atoms with E-state index in [2.05, 4.69) is 6.58 Å². The van der Waals surface area contributed by atoms with Gasteiger partial charge >= 0.3 is 5.97 Å². The molecule has 0 atom stereocenters. The molecule has 3 heteroatoms. The summed E-state index contributed by atoms with van der Waals surface area (Å²) in [6.07, 6.45) is 2.23. The van der Waals surface area contributed by atoms with Crippen LogP contribution in [0.4, 0.5) is 0 Å². The highest BCUT2D eigenvalue weighted by Gasteiger charge is 2.24. The number of carbonyl (C=O) groups is 2. The molecule has 0 aromatic heterocycles. The van der Waals surface area contributed by atoms with Gasteiger partial charge in [0.25, 0.3) is 0 Å². The second-order valence-corrected chi connectivity index (χ2v) is 3.63. The highest BCUT2D eigenvalue weighted by atomic mass is 16.5. The quantitative estimate of drug-likeness (QED) is 0.527. The van der Waals surface area contributed by atoms with Gasteiger partial charge < -0.3 is 4.74 Å². The SMILES string of the molecule is C=C(C(=O)OCC)C1=C(C)CCCC1=O. The van der Waals surface area contributed by atoms with E-state index in [0.29, 0.717) is 18.6 Å². The molecule has 1 aliphatic carbocycles. The highest BCUT2D eigenvalue weighted by molar-refractivity contribution is 6.10. The lowest BCUT2D eigenvalue weighted by Crippen LogP contribution is -2.18. The minimum atomic E-state index is -0.484. The number of ether oxygens (including phenoxy) is 1. The van der Waals surface area contributed by atoms with Crippen LogP contribution >= 0.6 is 0 Å². The molecule has 0 amide bonds. The lowest BCUT2D eigenvalue weighted by atomic mass is 9.87. The molecule has 0 saturated heterocycles. The number of Topliss-reactive ketones (excluding diaryl/α,β-unsaturated/α-hetero) is 1. The van der Waals surface area contributed by atoms with Crippen LogP contribution in [0, 0.1) is 0 Å². The minimum absolute atomic E-state index is 0.0109. The number of esters is 1. The first-order valence-electron chi connectivity index (χ1n) is 5.17. The van der Waals surface area contributed by atoms with Crippen LogP contribution < -0.4 is 0 Å². The van der Waals surface area contributed by atoms with E-state index in [4.69, 9.17) is 4.74 Å². The summed E-state index contributed by atoms with van der Waals surface area (Å²) < 4.78 is 4.83. The molecule has 0 spiro atoms. The third-order valence-corrected chi connectivity index (χ3v) is 2.48. The van der Waals surface area contributed by atoms with Crippen molar-refractivity contribution in [2.45, 2.75) is 33.1 Å². The molecule has 0 radical (unpaired) electrons. The van der Waals surface area contributed by atoms with Crippen LogP contribution in [0.3, 0.4) is 0 Å². The van der Waals surface area contributed by atoms with Gasteiger partial charge in [0, 0.05) is 12.0 Å². The first-order valence-corrected chi connectivity index (χ1v) is 5.17. The lowest BCUT2D eigenvalue weighted by molar-refractivity contribution is -0.138. The molecule has 1 aliphatic rings. The molecule has 0 unspecified atom stereocenters. The topological polar surface area (TPSA) is 43.4 Å². The van der Waals surface area contributed by atoms with Gasteiger partial charge in [0.15, 0.2) is 5.78 Å². The van der Waals surface area contributed by atoms with Gasteiger partial charge in [0.2, 0.25) is 0 Å². The number of ketones is 1. The number of hydrogen-bond donors (Lipinski definition) is 0. The van der Waals surface area contributed by atoms with Crippen LogP contribution in [0.15, 0.2) is 23.3 Å². The van der Waals surface area contributed by atoms with Crippen LogP contribution in [0.25, 0.3) is 0 Å². The molecule has 0 bridgehead atoms. The molecule has 15 heavy (non-hydrogen) atoms. The zero-order valence-electron chi connectivity index (χ0n) is 9.26. The van der Waals surface area contributed by atoms with Crippen molar-refractivity contribution in [1.82, 2.24) is 0 Å². The summed E-state index contributed by atoms with van der Waals surface area (Å²) in [5.41, 5.74) is 1.64. The maximum atomic E-state index is 11.6. The van der Waals surface area contributed by atoms with E-state index >= 15 is 0 Å². The monoisotopic (exact) mass is 208 g/mol. The molecule has 1 rings (SSSR count). The Morgan fingerprint density at radius 3 is 2.67 bits per heavy atom. The molecule has 0 aromatic carbocycles. The maximum Gasteiger partial charge on any atom is 0.338 e. The molecule has 0 N–H and O–H groups in total. The van der Waals surface area contributed by atoms with Crippen molar-refractivity contribution in [3.63, 3.8) is 0 Å². The predicted octanol–water partition coefficient (Wildman–Crippen LogP) is 2.18. The highest BCUT2D eigenvalue weighted by Crippen LogP contribution is 2.26. The normalized spacial score (nSPS) is 16.5. The van der Waals surface area contributed by atoms with Crippen molar-refractivity contribution in [2.75, 3.05) is 6.61 Å². The summed E-state index contributed by atoms with van der Waals surface area (Å²) in [5.74, 6) is -0.473.